The lowest BCUT2D eigenvalue weighted by molar-refractivity contribution is 0.576. The quantitative estimate of drug-likeness (QED) is 0.563. The van der Waals surface area contributed by atoms with Gasteiger partial charge in [-0.25, -0.2) is 13.1 Å². The van der Waals surface area contributed by atoms with Crippen molar-refractivity contribution < 1.29 is 8.42 Å². The standard InChI is InChI=1S/C8H14ClN3O2S/c9-4-2-1-3-5-12-15(13,14)8-6-10-11-7-8/h6-7,12H,1-5H2,(H,10,11). The Morgan fingerprint density at radius 3 is 2.80 bits per heavy atom. The largest absolute Gasteiger partial charge is 0.284 e. The smallest absolute Gasteiger partial charge is 0.243 e. The molecule has 5 nitrogen and oxygen atoms in total. The summed E-state index contributed by atoms with van der Waals surface area (Å²) in [6.07, 6.45) is 5.26. The van der Waals surface area contributed by atoms with E-state index in [4.69, 9.17) is 11.6 Å². The molecule has 7 heteroatoms. The lowest BCUT2D eigenvalue weighted by atomic mass is 10.2. The summed E-state index contributed by atoms with van der Waals surface area (Å²) in [5, 5.41) is 6.04. The molecule has 86 valence electrons. The summed E-state index contributed by atoms with van der Waals surface area (Å²) in [5.41, 5.74) is 0. The van der Waals surface area contributed by atoms with Crippen molar-refractivity contribution in [3.05, 3.63) is 12.4 Å². The SMILES string of the molecule is O=S(=O)(NCCCCCCl)c1cn[nH]c1. The van der Waals surface area contributed by atoms with E-state index >= 15 is 0 Å². The number of hydrogen-bond donors (Lipinski definition) is 2. The van der Waals surface area contributed by atoms with Gasteiger partial charge in [0, 0.05) is 18.6 Å². The maximum absolute atomic E-state index is 11.5. The van der Waals surface area contributed by atoms with E-state index in [0.29, 0.717) is 12.4 Å². The van der Waals surface area contributed by atoms with E-state index in [0.717, 1.165) is 19.3 Å². The fourth-order valence-electron chi connectivity index (χ4n) is 1.07. The van der Waals surface area contributed by atoms with E-state index in [1.54, 1.807) is 0 Å². The molecule has 0 bridgehead atoms. The average molecular weight is 252 g/mol. The predicted molar refractivity (Wildman–Crippen MR) is 58.3 cm³/mol. The number of H-pyrrole nitrogens is 1. The maximum atomic E-state index is 11.5. The van der Waals surface area contributed by atoms with Crippen LogP contribution in [0.5, 0.6) is 0 Å². The highest BCUT2D eigenvalue weighted by Gasteiger charge is 2.13. The minimum absolute atomic E-state index is 0.167. The van der Waals surface area contributed by atoms with Crippen molar-refractivity contribution in [3.8, 4) is 0 Å². The molecule has 0 atom stereocenters. The van der Waals surface area contributed by atoms with Crippen molar-refractivity contribution in [1.29, 1.82) is 0 Å². The Labute approximate surface area is 94.3 Å². The number of hydrogen-bond acceptors (Lipinski definition) is 3. The molecule has 2 N–H and O–H groups in total. The second kappa shape index (κ2) is 6.09. The molecule has 0 aliphatic heterocycles. The number of nitrogens with zero attached hydrogens (tertiary/aromatic N) is 1. The molecule has 15 heavy (non-hydrogen) atoms. The number of nitrogens with one attached hydrogen (secondary N) is 2. The summed E-state index contributed by atoms with van der Waals surface area (Å²) in [7, 11) is -3.38. The van der Waals surface area contributed by atoms with Gasteiger partial charge >= 0.3 is 0 Å². The Hall–Kier alpha value is -0.590. The molecular weight excluding hydrogens is 238 g/mol. The fourth-order valence-corrected chi connectivity index (χ4v) is 2.24. The zero-order chi connectivity index (χ0) is 11.1. The van der Waals surface area contributed by atoms with Crippen molar-refractivity contribution >= 4 is 21.6 Å². The van der Waals surface area contributed by atoms with Gasteiger partial charge in [-0.3, -0.25) is 5.10 Å². The Morgan fingerprint density at radius 1 is 1.40 bits per heavy atom. The molecule has 0 aliphatic carbocycles. The van der Waals surface area contributed by atoms with Crippen LogP contribution in [-0.2, 0) is 10.0 Å². The van der Waals surface area contributed by atoms with Crippen LogP contribution in [0.15, 0.2) is 17.3 Å². The van der Waals surface area contributed by atoms with Gasteiger partial charge in [-0.05, 0) is 12.8 Å². The van der Waals surface area contributed by atoms with Crippen LogP contribution in [0.2, 0.25) is 0 Å². The summed E-state index contributed by atoms with van der Waals surface area (Å²) in [6.45, 7) is 0.435. The Bertz CT molecular complexity index is 363. The highest BCUT2D eigenvalue weighted by atomic mass is 35.5. The Morgan fingerprint density at radius 2 is 2.20 bits per heavy atom. The van der Waals surface area contributed by atoms with Crippen LogP contribution in [0.3, 0.4) is 0 Å². The summed E-state index contributed by atoms with van der Waals surface area (Å²) in [6, 6.07) is 0. The predicted octanol–water partition coefficient (Wildman–Crippen LogP) is 1.10. The van der Waals surface area contributed by atoms with Crippen molar-refractivity contribution in [2.24, 2.45) is 0 Å². The molecule has 0 spiro atoms. The number of halogens is 1. The first kappa shape index (κ1) is 12.5. The number of aromatic nitrogens is 2. The first-order chi connectivity index (χ1) is 7.17. The zero-order valence-electron chi connectivity index (χ0n) is 8.24. The second-order valence-electron chi connectivity index (χ2n) is 3.08. The van der Waals surface area contributed by atoms with Gasteiger partial charge in [-0.2, -0.15) is 5.10 Å². The van der Waals surface area contributed by atoms with Crippen LogP contribution >= 0.6 is 11.6 Å². The molecule has 0 aliphatic rings. The van der Waals surface area contributed by atoms with Crippen LogP contribution in [0, 0.1) is 0 Å². The van der Waals surface area contributed by atoms with Crippen LogP contribution in [-0.4, -0.2) is 31.0 Å². The van der Waals surface area contributed by atoms with E-state index in [1.807, 2.05) is 0 Å². The highest BCUT2D eigenvalue weighted by Crippen LogP contribution is 2.04. The third kappa shape index (κ3) is 4.19. The van der Waals surface area contributed by atoms with Crippen molar-refractivity contribution in [2.75, 3.05) is 12.4 Å². The van der Waals surface area contributed by atoms with Gasteiger partial charge in [-0.15, -0.1) is 11.6 Å². The van der Waals surface area contributed by atoms with Gasteiger partial charge in [0.05, 0.1) is 6.20 Å². The van der Waals surface area contributed by atoms with Gasteiger partial charge in [0.2, 0.25) is 10.0 Å². The minimum Gasteiger partial charge on any atom is -0.284 e. The molecule has 0 unspecified atom stereocenters. The lowest BCUT2D eigenvalue weighted by Crippen LogP contribution is -2.24. The monoisotopic (exact) mass is 251 g/mol. The van der Waals surface area contributed by atoms with Crippen molar-refractivity contribution in [2.45, 2.75) is 24.2 Å². The summed E-state index contributed by atoms with van der Waals surface area (Å²) < 4.78 is 25.5. The molecule has 0 radical (unpaired) electrons. The summed E-state index contributed by atoms with van der Waals surface area (Å²) in [4.78, 5) is 0.167. The molecule has 0 fully saturated rings. The van der Waals surface area contributed by atoms with Gasteiger partial charge in [0.1, 0.15) is 4.90 Å². The Kier molecular flexibility index (Phi) is 5.07. The van der Waals surface area contributed by atoms with E-state index in [1.165, 1.54) is 12.4 Å². The number of aromatic amines is 1. The van der Waals surface area contributed by atoms with Crippen molar-refractivity contribution in [1.82, 2.24) is 14.9 Å². The first-order valence-electron chi connectivity index (χ1n) is 4.71. The average Bonchev–Trinajstić information content (AvgIpc) is 2.70. The van der Waals surface area contributed by atoms with Crippen LogP contribution < -0.4 is 4.72 Å². The molecule has 1 heterocycles. The third-order valence-electron chi connectivity index (χ3n) is 1.89. The molecule has 1 aromatic heterocycles. The van der Waals surface area contributed by atoms with Gasteiger partial charge in [0.15, 0.2) is 0 Å². The van der Waals surface area contributed by atoms with Crippen LogP contribution in [0.25, 0.3) is 0 Å². The zero-order valence-corrected chi connectivity index (χ0v) is 9.81. The lowest BCUT2D eigenvalue weighted by Gasteiger charge is -2.03. The molecule has 1 aromatic rings. The first-order valence-corrected chi connectivity index (χ1v) is 6.73. The maximum Gasteiger partial charge on any atom is 0.243 e. The molecule has 0 aromatic carbocycles. The van der Waals surface area contributed by atoms with Gasteiger partial charge in [0.25, 0.3) is 0 Å². The third-order valence-corrected chi connectivity index (χ3v) is 3.58. The van der Waals surface area contributed by atoms with E-state index in [9.17, 15) is 8.42 Å². The molecule has 0 amide bonds. The molecular formula is C8H14ClN3O2S. The van der Waals surface area contributed by atoms with Crippen LogP contribution in [0.1, 0.15) is 19.3 Å². The highest BCUT2D eigenvalue weighted by molar-refractivity contribution is 7.89. The van der Waals surface area contributed by atoms with E-state index < -0.39 is 10.0 Å². The normalized spacial score (nSPS) is 11.8. The molecule has 0 saturated heterocycles. The minimum atomic E-state index is -3.38. The topological polar surface area (TPSA) is 74.8 Å². The number of unbranched alkanes of at least 4 members (excludes halogenated alkanes) is 2. The second-order valence-corrected chi connectivity index (χ2v) is 5.23. The van der Waals surface area contributed by atoms with Crippen molar-refractivity contribution in [3.63, 3.8) is 0 Å². The number of rotatable bonds is 7. The summed E-state index contributed by atoms with van der Waals surface area (Å²) in [5.74, 6) is 0.620. The number of alkyl halides is 1. The molecule has 0 saturated carbocycles. The van der Waals surface area contributed by atoms with E-state index in [-0.39, 0.29) is 4.90 Å². The van der Waals surface area contributed by atoms with Gasteiger partial charge in [-0.1, -0.05) is 6.42 Å². The Balaban J connectivity index is 2.32. The van der Waals surface area contributed by atoms with E-state index in [2.05, 4.69) is 14.9 Å². The number of sulfonamides is 1. The molecule has 1 rings (SSSR count). The summed E-state index contributed by atoms with van der Waals surface area (Å²) >= 11 is 5.50. The van der Waals surface area contributed by atoms with Gasteiger partial charge < -0.3 is 0 Å². The van der Waals surface area contributed by atoms with Crippen LogP contribution in [0.4, 0.5) is 0 Å². The fraction of sp³-hybridized carbons (Fsp3) is 0.625.